The lowest BCUT2D eigenvalue weighted by atomic mass is 10.2. The molecule has 1 rings (SSSR count). The van der Waals surface area contributed by atoms with Crippen LogP contribution in [0.4, 0.5) is 11.5 Å². The van der Waals surface area contributed by atoms with Crippen molar-refractivity contribution in [1.82, 2.24) is 4.98 Å². The van der Waals surface area contributed by atoms with Crippen LogP contribution in [0.1, 0.15) is 23.7 Å². The summed E-state index contributed by atoms with van der Waals surface area (Å²) < 4.78 is 0. The van der Waals surface area contributed by atoms with Gasteiger partial charge in [0.2, 0.25) is 5.82 Å². The first-order chi connectivity index (χ1) is 9.38. The fourth-order valence-electron chi connectivity index (χ4n) is 1.66. The van der Waals surface area contributed by atoms with Crippen molar-refractivity contribution >= 4 is 29.2 Å². The van der Waals surface area contributed by atoms with E-state index in [1.807, 2.05) is 13.2 Å². The molecule has 20 heavy (non-hydrogen) atoms. The molecule has 1 aromatic heterocycles. The molecule has 7 nitrogen and oxygen atoms in total. The van der Waals surface area contributed by atoms with Crippen LogP contribution in [0.2, 0.25) is 0 Å². The lowest BCUT2D eigenvalue weighted by Gasteiger charge is -2.25. The van der Waals surface area contributed by atoms with Gasteiger partial charge in [0.25, 0.3) is 0 Å². The zero-order valence-corrected chi connectivity index (χ0v) is 12.4. The van der Waals surface area contributed by atoms with E-state index in [9.17, 15) is 14.9 Å². The molecule has 0 spiro atoms. The number of nitro groups is 1. The normalized spacial score (nSPS) is 11.9. The summed E-state index contributed by atoms with van der Waals surface area (Å²) in [6, 6.07) is 1.12. The number of carboxylic acids is 1. The second-order valence-corrected chi connectivity index (χ2v) is 5.36. The highest BCUT2D eigenvalue weighted by atomic mass is 32.2. The van der Waals surface area contributed by atoms with Crippen LogP contribution in [0.15, 0.2) is 12.3 Å². The molecule has 8 heteroatoms. The quantitative estimate of drug-likeness (QED) is 0.609. The number of hydrogen-bond donors (Lipinski definition) is 1. The number of nitrogens with zero attached hydrogens (tertiary/aromatic N) is 3. The number of rotatable bonds is 7. The van der Waals surface area contributed by atoms with Gasteiger partial charge >= 0.3 is 11.7 Å². The predicted molar refractivity (Wildman–Crippen MR) is 78.7 cm³/mol. The monoisotopic (exact) mass is 299 g/mol. The van der Waals surface area contributed by atoms with E-state index in [0.717, 1.165) is 24.4 Å². The van der Waals surface area contributed by atoms with Crippen molar-refractivity contribution in [1.29, 1.82) is 0 Å². The van der Waals surface area contributed by atoms with Gasteiger partial charge in [-0.3, -0.25) is 10.1 Å². The molecule has 0 aliphatic heterocycles. The van der Waals surface area contributed by atoms with E-state index >= 15 is 0 Å². The van der Waals surface area contributed by atoms with E-state index in [0.29, 0.717) is 0 Å². The van der Waals surface area contributed by atoms with Crippen molar-refractivity contribution in [2.24, 2.45) is 0 Å². The smallest absolute Gasteiger partial charge is 0.337 e. The number of aromatic carboxylic acids is 1. The third-order valence-corrected chi connectivity index (χ3v) is 3.67. The number of carbonyl (C=O) groups is 1. The molecule has 1 aromatic rings. The second kappa shape index (κ2) is 7.09. The third-order valence-electron chi connectivity index (χ3n) is 3.03. The van der Waals surface area contributed by atoms with E-state index in [-0.39, 0.29) is 23.1 Å². The average molecular weight is 299 g/mol. The van der Waals surface area contributed by atoms with Crippen LogP contribution in [0, 0.1) is 10.1 Å². The van der Waals surface area contributed by atoms with E-state index < -0.39 is 10.9 Å². The summed E-state index contributed by atoms with van der Waals surface area (Å²) in [5.74, 6) is -0.106. The number of carboxylic acid groups (broad SMARTS) is 1. The molecule has 0 aliphatic rings. The Bertz CT molecular complexity index is 509. The molecule has 110 valence electrons. The Morgan fingerprint density at radius 3 is 2.80 bits per heavy atom. The Balaban J connectivity index is 3.10. The zero-order chi connectivity index (χ0) is 15.3. The van der Waals surface area contributed by atoms with Crippen LogP contribution in [-0.4, -0.2) is 46.1 Å². The molecule has 0 saturated heterocycles. The Morgan fingerprint density at radius 1 is 1.65 bits per heavy atom. The Kier molecular flexibility index (Phi) is 5.75. The first-order valence-electron chi connectivity index (χ1n) is 5.98. The second-order valence-electron chi connectivity index (χ2n) is 4.37. The fourth-order valence-corrected chi connectivity index (χ4v) is 2.24. The van der Waals surface area contributed by atoms with Crippen LogP contribution < -0.4 is 4.90 Å². The molecular weight excluding hydrogens is 282 g/mol. The van der Waals surface area contributed by atoms with E-state index in [1.54, 1.807) is 23.7 Å². The lowest BCUT2D eigenvalue weighted by Crippen LogP contribution is -2.30. The molecule has 0 saturated carbocycles. The van der Waals surface area contributed by atoms with Gasteiger partial charge in [-0.2, -0.15) is 11.8 Å². The molecule has 0 amide bonds. The summed E-state index contributed by atoms with van der Waals surface area (Å²) in [5.41, 5.74) is -0.478. The van der Waals surface area contributed by atoms with Gasteiger partial charge in [0, 0.05) is 25.4 Å². The summed E-state index contributed by atoms with van der Waals surface area (Å²) in [5, 5.41) is 19.9. The van der Waals surface area contributed by atoms with Gasteiger partial charge in [0.05, 0.1) is 10.5 Å². The minimum Gasteiger partial charge on any atom is -0.478 e. The summed E-state index contributed by atoms with van der Waals surface area (Å²) in [6.45, 7) is 1.95. The van der Waals surface area contributed by atoms with Gasteiger partial charge in [-0.05, 0) is 25.4 Å². The summed E-state index contributed by atoms with van der Waals surface area (Å²) >= 11 is 1.70. The van der Waals surface area contributed by atoms with E-state index in [1.165, 1.54) is 0 Å². The molecule has 0 fully saturated rings. The number of hydrogen-bond acceptors (Lipinski definition) is 6. The van der Waals surface area contributed by atoms with Gasteiger partial charge < -0.3 is 10.0 Å². The number of anilines is 1. The Hall–Kier alpha value is -1.83. The Morgan fingerprint density at radius 2 is 2.30 bits per heavy atom. The first kappa shape index (κ1) is 16.2. The highest BCUT2D eigenvalue weighted by Gasteiger charge is 2.24. The fraction of sp³-hybridized carbons (Fsp3) is 0.500. The average Bonchev–Trinajstić information content (AvgIpc) is 2.42. The maximum atomic E-state index is 11.1. The maximum Gasteiger partial charge on any atom is 0.337 e. The van der Waals surface area contributed by atoms with Crippen molar-refractivity contribution in [2.75, 3.05) is 24.0 Å². The zero-order valence-electron chi connectivity index (χ0n) is 11.6. The SMILES string of the molecule is CSCCC(C)N(C)c1ncc(C(=O)O)cc1[N+](=O)[O-]. The Labute approximate surface area is 121 Å². The van der Waals surface area contributed by atoms with Gasteiger partial charge in [-0.25, -0.2) is 9.78 Å². The molecule has 1 N–H and O–H groups in total. The first-order valence-corrected chi connectivity index (χ1v) is 7.37. The molecule has 0 radical (unpaired) electrons. The van der Waals surface area contributed by atoms with Gasteiger partial charge in [0.15, 0.2) is 0 Å². The third kappa shape index (κ3) is 3.83. The predicted octanol–water partition coefficient (Wildman–Crippen LogP) is 2.27. The van der Waals surface area contributed by atoms with Crippen LogP contribution in [0.25, 0.3) is 0 Å². The van der Waals surface area contributed by atoms with Crippen molar-refractivity contribution < 1.29 is 14.8 Å². The van der Waals surface area contributed by atoms with Crippen molar-refractivity contribution in [3.05, 3.63) is 27.9 Å². The van der Waals surface area contributed by atoms with E-state index in [4.69, 9.17) is 5.11 Å². The number of thioether (sulfide) groups is 1. The number of aromatic nitrogens is 1. The van der Waals surface area contributed by atoms with Crippen molar-refractivity contribution in [3.8, 4) is 0 Å². The lowest BCUT2D eigenvalue weighted by molar-refractivity contribution is -0.384. The van der Waals surface area contributed by atoms with E-state index in [2.05, 4.69) is 4.98 Å². The molecule has 1 heterocycles. The van der Waals surface area contributed by atoms with Crippen molar-refractivity contribution in [2.45, 2.75) is 19.4 Å². The summed E-state index contributed by atoms with van der Waals surface area (Å²) in [6.07, 6.45) is 3.99. The maximum absolute atomic E-state index is 11.1. The van der Waals surface area contributed by atoms with Crippen LogP contribution >= 0.6 is 11.8 Å². The summed E-state index contributed by atoms with van der Waals surface area (Å²) in [4.78, 5) is 27.0. The van der Waals surface area contributed by atoms with Gasteiger partial charge in [-0.1, -0.05) is 0 Å². The molecule has 1 unspecified atom stereocenters. The largest absolute Gasteiger partial charge is 0.478 e. The summed E-state index contributed by atoms with van der Waals surface area (Å²) in [7, 11) is 1.72. The minimum absolute atomic E-state index is 0.0735. The molecule has 0 aromatic carbocycles. The standard InChI is InChI=1S/C12H17N3O4S/c1-8(4-5-20-3)14(2)11-10(15(18)19)6-9(7-13-11)12(16)17/h6-8H,4-5H2,1-3H3,(H,16,17). The highest BCUT2D eigenvalue weighted by molar-refractivity contribution is 7.98. The van der Waals surface area contributed by atoms with Gasteiger partial charge in [0.1, 0.15) is 0 Å². The van der Waals surface area contributed by atoms with Crippen LogP contribution in [0.3, 0.4) is 0 Å². The van der Waals surface area contributed by atoms with Crippen molar-refractivity contribution in [3.63, 3.8) is 0 Å². The molecule has 0 bridgehead atoms. The molecule has 0 aliphatic carbocycles. The number of pyridine rings is 1. The molecule has 1 atom stereocenters. The van der Waals surface area contributed by atoms with Crippen LogP contribution in [0.5, 0.6) is 0 Å². The van der Waals surface area contributed by atoms with Gasteiger partial charge in [-0.15, -0.1) is 0 Å². The minimum atomic E-state index is -1.23. The molecular formula is C12H17N3O4S. The topological polar surface area (TPSA) is 96.6 Å². The van der Waals surface area contributed by atoms with Crippen LogP contribution in [-0.2, 0) is 0 Å². The highest BCUT2D eigenvalue weighted by Crippen LogP contribution is 2.27.